The molecule has 0 aliphatic heterocycles. The molecule has 3 aromatic carbocycles. The first-order chi connectivity index (χ1) is 15.2. The van der Waals surface area contributed by atoms with Crippen molar-refractivity contribution in [1.82, 2.24) is 0 Å². The Morgan fingerprint density at radius 1 is 0.774 bits per heavy atom. The largest absolute Gasteiger partial charge is 0.497 e. The van der Waals surface area contributed by atoms with Crippen LogP contribution in [0.1, 0.15) is 80.9 Å². The Morgan fingerprint density at radius 2 is 1.45 bits per heavy atom. The second-order valence-corrected chi connectivity index (χ2v) is 9.01. The summed E-state index contributed by atoms with van der Waals surface area (Å²) in [7, 11) is 1.70. The van der Waals surface area contributed by atoms with Gasteiger partial charge in [0, 0.05) is 11.1 Å². The average molecular weight is 411 g/mol. The number of hydrogen-bond acceptors (Lipinski definition) is 1. The molecule has 1 fully saturated rings. The van der Waals surface area contributed by atoms with Gasteiger partial charge in [0.25, 0.3) is 0 Å². The van der Waals surface area contributed by atoms with E-state index < -0.39 is 0 Å². The highest BCUT2D eigenvalue weighted by molar-refractivity contribution is 5.85. The molecule has 1 nitrogen and oxygen atoms in total. The van der Waals surface area contributed by atoms with Crippen molar-refractivity contribution in [1.29, 1.82) is 0 Å². The zero-order chi connectivity index (χ0) is 21.5. The summed E-state index contributed by atoms with van der Waals surface area (Å²) < 4.78 is 5.31. The molecule has 0 unspecified atom stereocenters. The molecule has 0 bridgehead atoms. The highest BCUT2D eigenvalue weighted by Crippen LogP contribution is 2.37. The Kier molecular flexibility index (Phi) is 7.31. The van der Waals surface area contributed by atoms with Crippen molar-refractivity contribution in [3.8, 4) is 17.6 Å². The van der Waals surface area contributed by atoms with E-state index in [9.17, 15) is 0 Å². The van der Waals surface area contributed by atoms with Crippen molar-refractivity contribution >= 4 is 10.8 Å². The van der Waals surface area contributed by atoms with Crippen molar-refractivity contribution in [2.75, 3.05) is 7.11 Å². The molecule has 0 aromatic heterocycles. The standard InChI is InChI=1S/C30H34O/c1-3-4-5-6-23-9-14-26(15-10-23)27-16-11-24(12-17-27)7-8-25-13-18-29-22-30(31-2)20-19-28(29)21-25/h11-13,16-23,26H,3-6,9-10,14-15H2,1-2H3/t23-,26-. The number of ether oxygens (including phenoxy) is 1. The summed E-state index contributed by atoms with van der Waals surface area (Å²) >= 11 is 0. The van der Waals surface area contributed by atoms with Gasteiger partial charge in [-0.3, -0.25) is 0 Å². The Hall–Kier alpha value is -2.72. The van der Waals surface area contributed by atoms with Crippen LogP contribution >= 0.6 is 0 Å². The Labute approximate surface area is 187 Å². The minimum absolute atomic E-state index is 0.738. The highest BCUT2D eigenvalue weighted by Gasteiger charge is 2.21. The zero-order valence-corrected chi connectivity index (χ0v) is 19.0. The van der Waals surface area contributed by atoms with Gasteiger partial charge in [-0.1, -0.05) is 68.7 Å². The fourth-order valence-electron chi connectivity index (χ4n) is 4.88. The summed E-state index contributed by atoms with van der Waals surface area (Å²) in [6.45, 7) is 2.30. The second-order valence-electron chi connectivity index (χ2n) is 9.01. The first kappa shape index (κ1) is 21.5. The molecule has 0 atom stereocenters. The van der Waals surface area contributed by atoms with Crippen molar-refractivity contribution in [3.05, 3.63) is 77.4 Å². The van der Waals surface area contributed by atoms with Gasteiger partial charge in [-0.05, 0) is 90.3 Å². The van der Waals surface area contributed by atoms with Crippen molar-refractivity contribution in [2.45, 2.75) is 64.2 Å². The van der Waals surface area contributed by atoms with Gasteiger partial charge in [-0.2, -0.15) is 0 Å². The summed E-state index contributed by atoms with van der Waals surface area (Å²) in [4.78, 5) is 0. The molecule has 4 rings (SSSR count). The predicted octanol–water partition coefficient (Wildman–Crippen LogP) is 8.10. The van der Waals surface area contributed by atoms with Crippen LogP contribution in [0.2, 0.25) is 0 Å². The molecule has 0 amide bonds. The van der Waals surface area contributed by atoms with Crippen LogP contribution in [-0.4, -0.2) is 7.11 Å². The molecule has 0 heterocycles. The predicted molar refractivity (Wildman–Crippen MR) is 132 cm³/mol. The molecular weight excluding hydrogens is 376 g/mol. The van der Waals surface area contributed by atoms with E-state index in [0.717, 1.165) is 28.7 Å². The van der Waals surface area contributed by atoms with Crippen LogP contribution < -0.4 is 4.74 Å². The zero-order valence-electron chi connectivity index (χ0n) is 19.0. The van der Waals surface area contributed by atoms with Gasteiger partial charge in [0.15, 0.2) is 0 Å². The molecule has 1 saturated carbocycles. The van der Waals surface area contributed by atoms with Crippen LogP contribution in [0.25, 0.3) is 10.8 Å². The molecule has 0 N–H and O–H groups in total. The first-order valence-corrected chi connectivity index (χ1v) is 11.9. The monoisotopic (exact) mass is 410 g/mol. The first-order valence-electron chi connectivity index (χ1n) is 11.9. The molecule has 1 aliphatic carbocycles. The maximum atomic E-state index is 5.31. The molecule has 160 valence electrons. The molecular formula is C30H34O. The third-order valence-corrected chi connectivity index (χ3v) is 6.84. The van der Waals surface area contributed by atoms with E-state index in [1.165, 1.54) is 67.7 Å². The molecule has 1 heteroatoms. The fourth-order valence-corrected chi connectivity index (χ4v) is 4.88. The lowest BCUT2D eigenvalue weighted by atomic mass is 9.77. The highest BCUT2D eigenvalue weighted by atomic mass is 16.5. The minimum atomic E-state index is 0.738. The van der Waals surface area contributed by atoms with Gasteiger partial charge < -0.3 is 4.74 Å². The molecule has 0 spiro atoms. The van der Waals surface area contributed by atoms with E-state index in [2.05, 4.69) is 73.4 Å². The number of hydrogen-bond donors (Lipinski definition) is 0. The molecule has 3 aromatic rings. The minimum Gasteiger partial charge on any atom is -0.497 e. The fraction of sp³-hybridized carbons (Fsp3) is 0.400. The lowest BCUT2D eigenvalue weighted by Crippen LogP contribution is -2.13. The van der Waals surface area contributed by atoms with E-state index in [-0.39, 0.29) is 0 Å². The van der Waals surface area contributed by atoms with Crippen molar-refractivity contribution < 1.29 is 4.74 Å². The van der Waals surface area contributed by atoms with E-state index in [1.54, 1.807) is 7.11 Å². The lowest BCUT2D eigenvalue weighted by Gasteiger charge is -2.29. The van der Waals surface area contributed by atoms with Crippen LogP contribution in [0.4, 0.5) is 0 Å². The lowest BCUT2D eigenvalue weighted by molar-refractivity contribution is 0.303. The van der Waals surface area contributed by atoms with Gasteiger partial charge in [0.2, 0.25) is 0 Å². The van der Waals surface area contributed by atoms with Crippen LogP contribution in [0, 0.1) is 17.8 Å². The smallest absolute Gasteiger partial charge is 0.119 e. The third kappa shape index (κ3) is 5.71. The molecule has 0 saturated heterocycles. The van der Waals surface area contributed by atoms with Crippen LogP contribution in [-0.2, 0) is 0 Å². The number of rotatable bonds is 6. The topological polar surface area (TPSA) is 9.23 Å². The summed E-state index contributed by atoms with van der Waals surface area (Å²) in [5.41, 5.74) is 3.63. The quantitative estimate of drug-likeness (QED) is 0.294. The number of methoxy groups -OCH3 is 1. The van der Waals surface area contributed by atoms with E-state index in [0.29, 0.717) is 0 Å². The Morgan fingerprint density at radius 3 is 2.19 bits per heavy atom. The molecule has 1 aliphatic rings. The maximum Gasteiger partial charge on any atom is 0.119 e. The summed E-state index contributed by atoms with van der Waals surface area (Å²) in [6.07, 6.45) is 11.1. The van der Waals surface area contributed by atoms with Crippen molar-refractivity contribution in [3.63, 3.8) is 0 Å². The molecule has 0 radical (unpaired) electrons. The molecule has 31 heavy (non-hydrogen) atoms. The van der Waals surface area contributed by atoms with Crippen LogP contribution in [0.15, 0.2) is 60.7 Å². The number of benzene rings is 3. The normalized spacial score (nSPS) is 18.4. The van der Waals surface area contributed by atoms with E-state index in [1.807, 2.05) is 6.07 Å². The van der Waals surface area contributed by atoms with Gasteiger partial charge >= 0.3 is 0 Å². The number of unbranched alkanes of at least 4 members (excludes halogenated alkanes) is 2. The summed E-state index contributed by atoms with van der Waals surface area (Å²) in [5.74, 6) is 9.26. The van der Waals surface area contributed by atoms with Crippen molar-refractivity contribution in [2.24, 2.45) is 5.92 Å². The van der Waals surface area contributed by atoms with Crippen LogP contribution in [0.5, 0.6) is 5.75 Å². The van der Waals surface area contributed by atoms with Gasteiger partial charge in [0.1, 0.15) is 5.75 Å². The SMILES string of the molecule is CCCCC[C@H]1CC[C@H](c2ccc(C#Cc3ccc4cc(OC)ccc4c3)cc2)CC1. The van der Waals surface area contributed by atoms with Crippen LogP contribution in [0.3, 0.4) is 0 Å². The van der Waals surface area contributed by atoms with Gasteiger partial charge in [-0.25, -0.2) is 0 Å². The van der Waals surface area contributed by atoms with Gasteiger partial charge in [-0.15, -0.1) is 0 Å². The number of fused-ring (bicyclic) bond motifs is 1. The average Bonchev–Trinajstić information content (AvgIpc) is 2.83. The van der Waals surface area contributed by atoms with Gasteiger partial charge in [0.05, 0.1) is 7.11 Å². The maximum absolute atomic E-state index is 5.31. The Balaban J connectivity index is 1.36. The summed E-state index contributed by atoms with van der Waals surface area (Å²) in [5, 5.41) is 2.36. The summed E-state index contributed by atoms with van der Waals surface area (Å²) in [6, 6.07) is 21.5. The second kappa shape index (κ2) is 10.5. The Bertz CT molecular complexity index is 1040. The third-order valence-electron chi connectivity index (χ3n) is 6.84. The van der Waals surface area contributed by atoms with E-state index >= 15 is 0 Å². The van der Waals surface area contributed by atoms with E-state index in [4.69, 9.17) is 4.74 Å².